The standard InChI is InChI=1S/C17H16N2O4/c1-22-13-8-4-2-6-11(13)10-18-16(20)15-17(21)19-12-7-3-5-9-14(12)23-15/h2-9,15H,10H2,1H3,(H,18,20)(H,19,21)/t15-/m1/s1. The van der Waals surface area contributed by atoms with E-state index in [0.29, 0.717) is 17.2 Å². The number of fused-ring (bicyclic) bond motifs is 1. The summed E-state index contributed by atoms with van der Waals surface area (Å²) in [5, 5.41) is 5.36. The maximum Gasteiger partial charge on any atom is 0.275 e. The van der Waals surface area contributed by atoms with E-state index in [1.165, 1.54) is 0 Å². The molecule has 6 heteroatoms. The minimum Gasteiger partial charge on any atom is -0.496 e. The van der Waals surface area contributed by atoms with Gasteiger partial charge in [-0.05, 0) is 18.2 Å². The van der Waals surface area contributed by atoms with Gasteiger partial charge in [-0.15, -0.1) is 0 Å². The zero-order valence-corrected chi connectivity index (χ0v) is 12.5. The molecular weight excluding hydrogens is 296 g/mol. The molecule has 0 fully saturated rings. The lowest BCUT2D eigenvalue weighted by molar-refractivity contribution is -0.137. The van der Waals surface area contributed by atoms with Crippen LogP contribution in [0.1, 0.15) is 5.56 Å². The molecule has 1 aliphatic rings. The highest BCUT2D eigenvalue weighted by atomic mass is 16.5. The van der Waals surface area contributed by atoms with E-state index in [0.717, 1.165) is 5.56 Å². The number of para-hydroxylation sites is 3. The van der Waals surface area contributed by atoms with Crippen LogP contribution in [0.5, 0.6) is 11.5 Å². The molecule has 1 heterocycles. The quantitative estimate of drug-likeness (QED) is 0.843. The summed E-state index contributed by atoms with van der Waals surface area (Å²) in [5.74, 6) is 0.167. The molecule has 1 atom stereocenters. The average molecular weight is 312 g/mol. The van der Waals surface area contributed by atoms with Gasteiger partial charge in [-0.2, -0.15) is 0 Å². The molecule has 2 N–H and O–H groups in total. The van der Waals surface area contributed by atoms with Gasteiger partial charge in [0.15, 0.2) is 0 Å². The minimum atomic E-state index is -1.21. The summed E-state index contributed by atoms with van der Waals surface area (Å²) in [4.78, 5) is 24.3. The van der Waals surface area contributed by atoms with Crippen LogP contribution in [0.2, 0.25) is 0 Å². The van der Waals surface area contributed by atoms with Crippen LogP contribution in [0.15, 0.2) is 48.5 Å². The van der Waals surface area contributed by atoms with Crippen LogP contribution in [0.25, 0.3) is 0 Å². The van der Waals surface area contributed by atoms with Gasteiger partial charge in [0.2, 0.25) is 0 Å². The number of methoxy groups -OCH3 is 1. The molecule has 1 aliphatic heterocycles. The maximum atomic E-state index is 12.3. The van der Waals surface area contributed by atoms with Crippen LogP contribution in [-0.2, 0) is 16.1 Å². The lowest BCUT2D eigenvalue weighted by atomic mass is 10.2. The second kappa shape index (κ2) is 6.39. The Hall–Kier alpha value is -3.02. The SMILES string of the molecule is COc1ccccc1CNC(=O)[C@H]1Oc2ccccc2NC1=O. The lowest BCUT2D eigenvalue weighted by Gasteiger charge is -2.25. The average Bonchev–Trinajstić information content (AvgIpc) is 2.59. The Kier molecular flexibility index (Phi) is 4.14. The van der Waals surface area contributed by atoms with Gasteiger partial charge in [0.25, 0.3) is 17.9 Å². The van der Waals surface area contributed by atoms with Gasteiger partial charge in [-0.1, -0.05) is 30.3 Å². The summed E-state index contributed by atoms with van der Waals surface area (Å²) in [7, 11) is 1.56. The van der Waals surface area contributed by atoms with Gasteiger partial charge >= 0.3 is 0 Å². The molecule has 2 aromatic carbocycles. The summed E-state index contributed by atoms with van der Waals surface area (Å²) < 4.78 is 10.7. The molecule has 6 nitrogen and oxygen atoms in total. The molecule has 23 heavy (non-hydrogen) atoms. The molecule has 0 spiro atoms. The second-order valence-corrected chi connectivity index (χ2v) is 5.01. The van der Waals surface area contributed by atoms with Crippen LogP contribution < -0.4 is 20.1 Å². The second-order valence-electron chi connectivity index (χ2n) is 5.01. The molecule has 0 aromatic heterocycles. The zero-order chi connectivity index (χ0) is 16.2. The van der Waals surface area contributed by atoms with E-state index in [2.05, 4.69) is 10.6 Å². The lowest BCUT2D eigenvalue weighted by Crippen LogP contribution is -2.48. The van der Waals surface area contributed by atoms with E-state index >= 15 is 0 Å². The maximum absolute atomic E-state index is 12.3. The van der Waals surface area contributed by atoms with Gasteiger partial charge in [0.05, 0.1) is 12.8 Å². The fourth-order valence-corrected chi connectivity index (χ4v) is 2.35. The fraction of sp³-hybridized carbons (Fsp3) is 0.176. The first-order chi connectivity index (χ1) is 11.2. The number of benzene rings is 2. The Morgan fingerprint density at radius 2 is 1.96 bits per heavy atom. The van der Waals surface area contributed by atoms with Crippen molar-refractivity contribution in [1.29, 1.82) is 0 Å². The largest absolute Gasteiger partial charge is 0.496 e. The number of rotatable bonds is 4. The smallest absolute Gasteiger partial charge is 0.275 e. The highest BCUT2D eigenvalue weighted by Crippen LogP contribution is 2.28. The summed E-state index contributed by atoms with van der Waals surface area (Å²) >= 11 is 0. The van der Waals surface area contributed by atoms with Crippen molar-refractivity contribution in [3.8, 4) is 11.5 Å². The third-order valence-corrected chi connectivity index (χ3v) is 3.51. The molecule has 0 saturated carbocycles. The molecule has 0 radical (unpaired) electrons. The monoisotopic (exact) mass is 312 g/mol. The third kappa shape index (κ3) is 3.11. The van der Waals surface area contributed by atoms with Gasteiger partial charge in [0, 0.05) is 12.1 Å². The Balaban J connectivity index is 1.68. The van der Waals surface area contributed by atoms with Crippen LogP contribution >= 0.6 is 0 Å². The number of hydrogen-bond donors (Lipinski definition) is 2. The Labute approximate surface area is 133 Å². The molecule has 0 saturated heterocycles. The van der Waals surface area contributed by atoms with Crippen molar-refractivity contribution in [1.82, 2.24) is 5.32 Å². The normalized spacial score (nSPS) is 15.9. The number of nitrogens with one attached hydrogen (secondary N) is 2. The molecule has 0 aliphatic carbocycles. The summed E-state index contributed by atoms with van der Waals surface area (Å²) in [5.41, 5.74) is 1.38. The molecule has 3 rings (SSSR count). The van der Waals surface area contributed by atoms with E-state index in [9.17, 15) is 9.59 Å². The number of amides is 2. The van der Waals surface area contributed by atoms with Crippen LogP contribution in [0.4, 0.5) is 5.69 Å². The van der Waals surface area contributed by atoms with Gasteiger partial charge in [-0.3, -0.25) is 9.59 Å². The number of carbonyl (C=O) groups is 2. The Morgan fingerprint density at radius 1 is 1.22 bits per heavy atom. The first-order valence-corrected chi connectivity index (χ1v) is 7.15. The first-order valence-electron chi connectivity index (χ1n) is 7.15. The van der Waals surface area contributed by atoms with E-state index in [4.69, 9.17) is 9.47 Å². The van der Waals surface area contributed by atoms with Gasteiger partial charge < -0.3 is 20.1 Å². The predicted octanol–water partition coefficient (Wildman–Crippen LogP) is 1.71. The molecular formula is C17H16N2O4. The van der Waals surface area contributed by atoms with Gasteiger partial charge in [-0.25, -0.2) is 0 Å². The molecule has 0 bridgehead atoms. The van der Waals surface area contributed by atoms with Crippen molar-refractivity contribution in [2.75, 3.05) is 12.4 Å². The topological polar surface area (TPSA) is 76.7 Å². The first kappa shape index (κ1) is 14.9. The van der Waals surface area contributed by atoms with Crippen LogP contribution in [0, 0.1) is 0 Å². The summed E-state index contributed by atoms with van der Waals surface area (Å²) in [6.45, 7) is 0.248. The summed E-state index contributed by atoms with van der Waals surface area (Å²) in [6.07, 6.45) is -1.21. The number of hydrogen-bond acceptors (Lipinski definition) is 4. The molecule has 0 unspecified atom stereocenters. The van der Waals surface area contributed by atoms with E-state index in [1.807, 2.05) is 24.3 Å². The van der Waals surface area contributed by atoms with Crippen molar-refractivity contribution in [3.05, 3.63) is 54.1 Å². The van der Waals surface area contributed by atoms with Crippen molar-refractivity contribution in [2.45, 2.75) is 12.6 Å². The van der Waals surface area contributed by atoms with E-state index < -0.39 is 17.9 Å². The van der Waals surface area contributed by atoms with Gasteiger partial charge in [0.1, 0.15) is 11.5 Å². The minimum absolute atomic E-state index is 0.248. The third-order valence-electron chi connectivity index (χ3n) is 3.51. The van der Waals surface area contributed by atoms with Crippen LogP contribution in [0.3, 0.4) is 0 Å². The Morgan fingerprint density at radius 3 is 2.78 bits per heavy atom. The Bertz CT molecular complexity index is 745. The molecule has 2 amide bonds. The molecule has 2 aromatic rings. The van der Waals surface area contributed by atoms with Crippen molar-refractivity contribution >= 4 is 17.5 Å². The summed E-state index contributed by atoms with van der Waals surface area (Å²) in [6, 6.07) is 14.3. The molecule has 118 valence electrons. The van der Waals surface area contributed by atoms with Crippen molar-refractivity contribution in [2.24, 2.45) is 0 Å². The highest BCUT2D eigenvalue weighted by Gasteiger charge is 2.33. The van der Waals surface area contributed by atoms with E-state index in [-0.39, 0.29) is 6.54 Å². The van der Waals surface area contributed by atoms with E-state index in [1.54, 1.807) is 31.4 Å². The highest BCUT2D eigenvalue weighted by molar-refractivity contribution is 6.11. The number of ether oxygens (including phenoxy) is 2. The fourth-order valence-electron chi connectivity index (χ4n) is 2.35. The number of carbonyl (C=O) groups excluding carboxylic acids is 2. The van der Waals surface area contributed by atoms with Crippen molar-refractivity contribution in [3.63, 3.8) is 0 Å². The van der Waals surface area contributed by atoms with Crippen molar-refractivity contribution < 1.29 is 19.1 Å². The number of anilines is 1. The predicted molar refractivity (Wildman–Crippen MR) is 84.3 cm³/mol. The van der Waals surface area contributed by atoms with Crippen LogP contribution in [-0.4, -0.2) is 25.0 Å². The zero-order valence-electron chi connectivity index (χ0n) is 12.5.